The van der Waals surface area contributed by atoms with Gasteiger partial charge in [-0.3, -0.25) is 0 Å². The van der Waals surface area contributed by atoms with Gasteiger partial charge in [0, 0.05) is 0 Å². The molecule has 0 bridgehead atoms. The van der Waals surface area contributed by atoms with E-state index in [0.717, 1.165) is 19.3 Å². The van der Waals surface area contributed by atoms with Gasteiger partial charge in [-0.1, -0.05) is 38.5 Å². The zero-order chi connectivity index (χ0) is 12.5. The Bertz CT molecular complexity index is 462. The quantitative estimate of drug-likeness (QED) is 0.806. The van der Waals surface area contributed by atoms with E-state index in [1.165, 1.54) is 0 Å². The monoisotopic (exact) mass is 252 g/mol. The Morgan fingerprint density at radius 2 is 1.88 bits per heavy atom. The van der Waals surface area contributed by atoms with E-state index >= 15 is 0 Å². The summed E-state index contributed by atoms with van der Waals surface area (Å²) in [4.78, 5) is 0.483. The van der Waals surface area contributed by atoms with Crippen LogP contribution in [0.2, 0.25) is 0 Å². The molecule has 0 heterocycles. The summed E-state index contributed by atoms with van der Waals surface area (Å²) in [6, 6.07) is 8.83. The summed E-state index contributed by atoms with van der Waals surface area (Å²) < 4.78 is 24.5. The van der Waals surface area contributed by atoms with Gasteiger partial charge < -0.3 is 0 Å². The second-order valence-electron chi connectivity index (χ2n) is 5.36. The molecular weight excluding hydrogens is 232 g/mol. The first-order valence-electron chi connectivity index (χ1n) is 6.30. The van der Waals surface area contributed by atoms with E-state index in [2.05, 4.69) is 13.8 Å². The molecule has 17 heavy (non-hydrogen) atoms. The summed E-state index contributed by atoms with van der Waals surface area (Å²) in [5, 5.41) is -0.122. The molecule has 0 radical (unpaired) electrons. The number of hydrogen-bond acceptors (Lipinski definition) is 2. The van der Waals surface area contributed by atoms with Crippen LogP contribution < -0.4 is 0 Å². The highest BCUT2D eigenvalue weighted by atomic mass is 32.2. The molecule has 2 atom stereocenters. The number of rotatable bonds is 5. The van der Waals surface area contributed by atoms with Crippen LogP contribution in [0.1, 0.15) is 33.1 Å². The maximum atomic E-state index is 12.2. The van der Waals surface area contributed by atoms with Crippen molar-refractivity contribution in [3.63, 3.8) is 0 Å². The van der Waals surface area contributed by atoms with Gasteiger partial charge >= 0.3 is 0 Å². The van der Waals surface area contributed by atoms with Gasteiger partial charge in [-0.15, -0.1) is 0 Å². The molecule has 1 aliphatic carbocycles. The van der Waals surface area contributed by atoms with Gasteiger partial charge in [0.15, 0.2) is 9.84 Å². The molecular formula is C14H20O2S. The molecule has 1 aromatic rings. The van der Waals surface area contributed by atoms with Crippen molar-refractivity contribution < 1.29 is 8.42 Å². The summed E-state index contributed by atoms with van der Waals surface area (Å²) in [5.41, 5.74) is 0. The number of hydrogen-bond donors (Lipinski definition) is 0. The van der Waals surface area contributed by atoms with Crippen LogP contribution >= 0.6 is 0 Å². The zero-order valence-corrected chi connectivity index (χ0v) is 11.3. The Morgan fingerprint density at radius 3 is 2.47 bits per heavy atom. The van der Waals surface area contributed by atoms with Gasteiger partial charge in [-0.05, 0) is 36.8 Å². The summed E-state index contributed by atoms with van der Waals surface area (Å²) in [6.45, 7) is 4.37. The smallest absolute Gasteiger partial charge is 0.181 e. The predicted molar refractivity (Wildman–Crippen MR) is 69.6 cm³/mol. The lowest BCUT2D eigenvalue weighted by Crippen LogP contribution is -2.09. The average molecular weight is 252 g/mol. The van der Waals surface area contributed by atoms with E-state index in [4.69, 9.17) is 0 Å². The van der Waals surface area contributed by atoms with E-state index in [-0.39, 0.29) is 5.25 Å². The first-order chi connectivity index (χ1) is 8.01. The largest absolute Gasteiger partial charge is 0.223 e. The SMILES string of the molecule is CC(C)CC[C@@H]1C[C@H]1S(=O)(=O)c1ccccc1. The average Bonchev–Trinajstić information content (AvgIpc) is 3.07. The van der Waals surface area contributed by atoms with E-state index in [1.54, 1.807) is 24.3 Å². The molecule has 0 saturated heterocycles. The third-order valence-corrected chi connectivity index (χ3v) is 5.75. The molecule has 2 rings (SSSR count). The molecule has 0 aliphatic heterocycles. The fourth-order valence-corrected chi connectivity index (χ4v) is 4.27. The first kappa shape index (κ1) is 12.6. The molecule has 0 N–H and O–H groups in total. The van der Waals surface area contributed by atoms with Crippen molar-refractivity contribution in [1.29, 1.82) is 0 Å². The van der Waals surface area contributed by atoms with Gasteiger partial charge in [0.1, 0.15) is 0 Å². The van der Waals surface area contributed by atoms with Crippen LogP contribution in [-0.4, -0.2) is 13.7 Å². The van der Waals surface area contributed by atoms with Gasteiger partial charge in [-0.25, -0.2) is 8.42 Å². The Labute approximate surface area is 104 Å². The van der Waals surface area contributed by atoms with Crippen molar-refractivity contribution in [1.82, 2.24) is 0 Å². The van der Waals surface area contributed by atoms with Crippen LogP contribution in [0.4, 0.5) is 0 Å². The molecule has 2 nitrogen and oxygen atoms in total. The molecule has 1 fully saturated rings. The van der Waals surface area contributed by atoms with Crippen molar-refractivity contribution in [3.8, 4) is 0 Å². The lowest BCUT2D eigenvalue weighted by Gasteiger charge is -2.05. The minimum absolute atomic E-state index is 0.122. The molecule has 0 spiro atoms. The highest BCUT2D eigenvalue weighted by Crippen LogP contribution is 2.43. The molecule has 94 valence electrons. The van der Waals surface area contributed by atoms with Crippen LogP contribution in [0, 0.1) is 11.8 Å². The molecule has 3 heteroatoms. The normalized spacial score (nSPS) is 23.9. The van der Waals surface area contributed by atoms with Crippen LogP contribution in [-0.2, 0) is 9.84 Å². The van der Waals surface area contributed by atoms with Gasteiger partial charge in [0.2, 0.25) is 0 Å². The molecule has 1 aromatic carbocycles. The van der Waals surface area contributed by atoms with Crippen LogP contribution in [0.3, 0.4) is 0 Å². The standard InChI is InChI=1S/C14H20O2S/c1-11(2)8-9-12-10-14(12)17(15,16)13-6-4-3-5-7-13/h3-7,11-12,14H,8-10H2,1-2H3/t12-,14-/m1/s1. The minimum Gasteiger partial charge on any atom is -0.223 e. The summed E-state index contributed by atoms with van der Waals surface area (Å²) in [5.74, 6) is 1.05. The maximum absolute atomic E-state index is 12.2. The van der Waals surface area contributed by atoms with Gasteiger partial charge in [0.05, 0.1) is 10.1 Å². The number of sulfone groups is 1. The number of benzene rings is 1. The van der Waals surface area contributed by atoms with Crippen molar-refractivity contribution in [3.05, 3.63) is 30.3 Å². The third-order valence-electron chi connectivity index (χ3n) is 3.44. The summed E-state index contributed by atoms with van der Waals surface area (Å²) in [6.07, 6.45) is 3.03. The molecule has 0 aromatic heterocycles. The van der Waals surface area contributed by atoms with Crippen LogP contribution in [0.15, 0.2) is 35.2 Å². The topological polar surface area (TPSA) is 34.1 Å². The second-order valence-corrected chi connectivity index (χ2v) is 7.53. The summed E-state index contributed by atoms with van der Waals surface area (Å²) >= 11 is 0. The fourth-order valence-electron chi connectivity index (χ4n) is 2.24. The summed E-state index contributed by atoms with van der Waals surface area (Å²) in [7, 11) is -3.06. The third kappa shape index (κ3) is 2.89. The van der Waals surface area contributed by atoms with Crippen molar-refractivity contribution in [2.45, 2.75) is 43.3 Å². The fraction of sp³-hybridized carbons (Fsp3) is 0.571. The van der Waals surface area contributed by atoms with Gasteiger partial charge in [-0.2, -0.15) is 0 Å². The molecule has 1 aliphatic rings. The molecule has 0 amide bonds. The van der Waals surface area contributed by atoms with Crippen molar-refractivity contribution in [2.24, 2.45) is 11.8 Å². The van der Waals surface area contributed by atoms with Crippen LogP contribution in [0.25, 0.3) is 0 Å². The van der Waals surface area contributed by atoms with Crippen molar-refractivity contribution >= 4 is 9.84 Å². The molecule has 0 unspecified atom stereocenters. The van der Waals surface area contributed by atoms with E-state index < -0.39 is 9.84 Å². The van der Waals surface area contributed by atoms with E-state index in [9.17, 15) is 8.42 Å². The first-order valence-corrected chi connectivity index (χ1v) is 7.85. The Balaban J connectivity index is 2.01. The maximum Gasteiger partial charge on any atom is 0.181 e. The second kappa shape index (κ2) is 4.81. The van der Waals surface area contributed by atoms with E-state index in [1.807, 2.05) is 6.07 Å². The zero-order valence-electron chi connectivity index (χ0n) is 10.5. The van der Waals surface area contributed by atoms with Crippen molar-refractivity contribution in [2.75, 3.05) is 0 Å². The minimum atomic E-state index is -3.06. The van der Waals surface area contributed by atoms with E-state index in [0.29, 0.717) is 16.7 Å². The Morgan fingerprint density at radius 1 is 1.24 bits per heavy atom. The highest BCUT2D eigenvalue weighted by Gasteiger charge is 2.47. The molecule has 1 saturated carbocycles. The Hall–Kier alpha value is -0.830. The highest BCUT2D eigenvalue weighted by molar-refractivity contribution is 7.92. The van der Waals surface area contributed by atoms with Gasteiger partial charge in [0.25, 0.3) is 0 Å². The Kier molecular flexibility index (Phi) is 3.57. The predicted octanol–water partition coefficient (Wildman–Crippen LogP) is 3.29. The lowest BCUT2D eigenvalue weighted by atomic mass is 10.1. The lowest BCUT2D eigenvalue weighted by molar-refractivity contribution is 0.525. The van der Waals surface area contributed by atoms with Crippen LogP contribution in [0.5, 0.6) is 0 Å².